The number of halogens is 7. The smallest absolute Gasteiger partial charge is 0.461 e. The van der Waals surface area contributed by atoms with Crippen molar-refractivity contribution in [2.24, 2.45) is 0 Å². The molecule has 34 heavy (non-hydrogen) atoms. The number of carbonyl (C=O) groups is 1. The Morgan fingerprint density at radius 2 is 1.76 bits per heavy atom. The third-order valence-electron chi connectivity index (χ3n) is 4.45. The zero-order valence-corrected chi connectivity index (χ0v) is 17.9. The van der Waals surface area contributed by atoms with Gasteiger partial charge in [0.2, 0.25) is 0 Å². The summed E-state index contributed by atoms with van der Waals surface area (Å²) < 4.78 is 142. The number of hydrogen-bond acceptors (Lipinski definition) is 8. The minimum Gasteiger partial charge on any atom is -0.477 e. The van der Waals surface area contributed by atoms with Gasteiger partial charge in [-0.3, -0.25) is 14.9 Å². The lowest BCUT2D eigenvalue weighted by Crippen LogP contribution is -2.55. The minimum absolute atomic E-state index is 0.0550. The van der Waals surface area contributed by atoms with Gasteiger partial charge < -0.3 is 10.1 Å². The summed E-state index contributed by atoms with van der Waals surface area (Å²) in [6.07, 6.45) is -6.89. The van der Waals surface area contributed by atoms with Gasteiger partial charge in [0.05, 0.1) is 21.3 Å². The van der Waals surface area contributed by atoms with E-state index < -0.39 is 76.8 Å². The topological polar surface area (TPSA) is 150 Å². The average Bonchev–Trinajstić information content (AvgIpc) is 3.02. The molecule has 1 aliphatic heterocycles. The number of hydrogen-bond donors (Lipinski definition) is 1. The van der Waals surface area contributed by atoms with Crippen LogP contribution in [0.15, 0.2) is 23.1 Å². The summed E-state index contributed by atoms with van der Waals surface area (Å²) in [5.41, 5.74) is -1.44. The molecule has 0 spiro atoms. The molecular formula is C15H13F7N2O8S2. The van der Waals surface area contributed by atoms with E-state index in [1.165, 1.54) is 0 Å². The van der Waals surface area contributed by atoms with Crippen molar-refractivity contribution < 1.29 is 62.0 Å². The number of nitrogens with zero attached hydrogens (tertiary/aromatic N) is 1. The molecular weight excluding hydrogens is 533 g/mol. The Morgan fingerprint density at radius 1 is 1.18 bits per heavy atom. The van der Waals surface area contributed by atoms with E-state index in [4.69, 9.17) is 4.74 Å². The van der Waals surface area contributed by atoms with Gasteiger partial charge in [0, 0.05) is 12.1 Å². The number of amides is 1. The molecule has 1 atom stereocenters. The predicted octanol–water partition coefficient (Wildman–Crippen LogP) is 1.84. The maximum atomic E-state index is 13.7. The molecule has 0 saturated carbocycles. The lowest BCUT2D eigenvalue weighted by Gasteiger charge is -2.27. The summed E-state index contributed by atoms with van der Waals surface area (Å²) in [5.74, 6) is -9.48. The van der Waals surface area contributed by atoms with E-state index in [1.807, 2.05) is 0 Å². The van der Waals surface area contributed by atoms with Crippen LogP contribution in [-0.2, 0) is 24.5 Å². The molecule has 19 heteroatoms. The normalized spacial score (nSPS) is 19.0. The van der Waals surface area contributed by atoms with Crippen molar-refractivity contribution in [2.75, 3.05) is 18.1 Å². The van der Waals surface area contributed by atoms with Crippen molar-refractivity contribution in [3.05, 3.63) is 28.3 Å². The van der Waals surface area contributed by atoms with Crippen LogP contribution < -0.4 is 10.1 Å². The van der Waals surface area contributed by atoms with E-state index in [0.717, 1.165) is 0 Å². The van der Waals surface area contributed by atoms with E-state index in [1.54, 1.807) is 0 Å². The van der Waals surface area contributed by atoms with Crippen molar-refractivity contribution in [1.29, 1.82) is 0 Å². The summed E-state index contributed by atoms with van der Waals surface area (Å²) in [5, 5.41) is 6.67. The van der Waals surface area contributed by atoms with Crippen LogP contribution in [0.5, 0.6) is 5.75 Å². The Kier molecular flexibility index (Phi) is 7.15. The number of ether oxygens (including phenoxy) is 1. The molecule has 0 unspecified atom stereocenters. The largest absolute Gasteiger partial charge is 0.477 e. The summed E-state index contributed by atoms with van der Waals surface area (Å²) in [7, 11) is -10.2. The third-order valence-corrected chi connectivity index (χ3v) is 8.03. The van der Waals surface area contributed by atoms with E-state index in [0.29, 0.717) is 6.07 Å². The Bertz CT molecular complexity index is 1200. The third kappa shape index (κ3) is 5.18. The van der Waals surface area contributed by atoms with Crippen LogP contribution in [0.2, 0.25) is 0 Å². The second kappa shape index (κ2) is 8.82. The monoisotopic (exact) mass is 546 g/mol. The number of rotatable bonds is 8. The van der Waals surface area contributed by atoms with Gasteiger partial charge in [0.1, 0.15) is 0 Å². The highest BCUT2D eigenvalue weighted by Crippen LogP contribution is 2.51. The van der Waals surface area contributed by atoms with E-state index in [2.05, 4.69) is 5.32 Å². The van der Waals surface area contributed by atoms with Gasteiger partial charge in [-0.05, 0) is 18.6 Å². The maximum absolute atomic E-state index is 13.7. The summed E-state index contributed by atoms with van der Waals surface area (Å²) in [6, 6.07) is -0.646. The molecule has 0 bridgehead atoms. The van der Waals surface area contributed by atoms with Gasteiger partial charge in [-0.2, -0.15) is 30.7 Å². The zero-order chi connectivity index (χ0) is 26.3. The molecule has 0 radical (unpaired) electrons. The first kappa shape index (κ1) is 27.5. The molecule has 1 saturated heterocycles. The van der Waals surface area contributed by atoms with Crippen LogP contribution in [0.1, 0.15) is 6.42 Å². The number of nitro groups is 1. The van der Waals surface area contributed by atoms with Crippen LogP contribution in [0.25, 0.3) is 0 Å². The van der Waals surface area contributed by atoms with Gasteiger partial charge in [0.25, 0.3) is 15.7 Å². The SMILES string of the molecule is O=C(COc1ccc(S(=O)(=O)C(F)(F)C(F)(F)C(F)(F)F)cc1[N+](=O)[O-])N[C@H]1CCS(=O)(=O)C1. The van der Waals surface area contributed by atoms with Crippen LogP contribution >= 0.6 is 0 Å². The van der Waals surface area contributed by atoms with Crippen molar-refractivity contribution in [3.8, 4) is 5.75 Å². The van der Waals surface area contributed by atoms with Crippen molar-refractivity contribution in [1.82, 2.24) is 5.32 Å². The fourth-order valence-electron chi connectivity index (χ4n) is 2.73. The lowest BCUT2D eigenvalue weighted by molar-refractivity contribution is -0.386. The minimum atomic E-state index is -7.03. The zero-order valence-electron chi connectivity index (χ0n) is 16.3. The molecule has 1 aromatic rings. The standard InChI is InChI=1S/C15H13F7N2O8S2/c16-13(17,14(18,19)20)15(21,22)34(30,31)9-1-2-11(10(5-9)24(26)27)32-6-12(25)23-8-3-4-33(28,29)7-8/h1-2,5,8H,3-4,6-7H2,(H,23,25)/t8-/m0/s1. The average molecular weight is 546 g/mol. The molecule has 1 N–H and O–H groups in total. The molecule has 0 aromatic heterocycles. The molecule has 192 valence electrons. The number of nitro benzene ring substituents is 1. The van der Waals surface area contributed by atoms with Gasteiger partial charge in [-0.15, -0.1) is 0 Å². The van der Waals surface area contributed by atoms with Crippen molar-refractivity contribution >= 4 is 31.3 Å². The maximum Gasteiger partial charge on any atom is 0.461 e. The first-order chi connectivity index (χ1) is 15.2. The first-order valence-corrected chi connectivity index (χ1v) is 12.0. The van der Waals surface area contributed by atoms with E-state index >= 15 is 0 Å². The molecule has 1 heterocycles. The van der Waals surface area contributed by atoms with Crippen LogP contribution in [-0.4, -0.2) is 69.2 Å². The number of nitrogens with one attached hydrogen (secondary N) is 1. The Morgan fingerprint density at radius 3 is 2.24 bits per heavy atom. The van der Waals surface area contributed by atoms with Crippen LogP contribution in [0.3, 0.4) is 0 Å². The van der Waals surface area contributed by atoms with Gasteiger partial charge in [-0.25, -0.2) is 16.8 Å². The summed E-state index contributed by atoms with van der Waals surface area (Å²) >= 11 is 0. The fourth-order valence-corrected chi connectivity index (χ4v) is 5.67. The molecule has 0 aliphatic carbocycles. The molecule has 1 aliphatic rings. The number of benzene rings is 1. The number of alkyl halides is 7. The highest BCUT2D eigenvalue weighted by molar-refractivity contribution is 7.92. The van der Waals surface area contributed by atoms with E-state index in [-0.39, 0.29) is 30.1 Å². The van der Waals surface area contributed by atoms with Gasteiger partial charge in [-0.1, -0.05) is 0 Å². The molecule has 1 aromatic carbocycles. The number of sulfone groups is 2. The van der Waals surface area contributed by atoms with Crippen molar-refractivity contribution in [3.63, 3.8) is 0 Å². The Labute approximate surface area is 186 Å². The lowest BCUT2D eigenvalue weighted by atomic mass is 10.2. The first-order valence-electron chi connectivity index (χ1n) is 8.71. The second-order valence-corrected chi connectivity index (χ2v) is 11.2. The highest BCUT2D eigenvalue weighted by Gasteiger charge is 2.78. The summed E-state index contributed by atoms with van der Waals surface area (Å²) in [4.78, 5) is 19.6. The number of carbonyl (C=O) groups excluding carboxylic acids is 1. The predicted molar refractivity (Wildman–Crippen MR) is 96.9 cm³/mol. The second-order valence-electron chi connectivity index (χ2n) is 6.94. The fraction of sp³-hybridized carbons (Fsp3) is 0.533. The molecule has 2 rings (SSSR count). The van der Waals surface area contributed by atoms with E-state index in [9.17, 15) is 62.5 Å². The Hall–Kier alpha value is -2.70. The van der Waals surface area contributed by atoms with Crippen molar-refractivity contribution in [2.45, 2.75) is 34.7 Å². The Balaban J connectivity index is 2.28. The quantitative estimate of drug-likeness (QED) is 0.295. The van der Waals surface area contributed by atoms with Gasteiger partial charge >= 0.3 is 23.0 Å². The molecule has 1 amide bonds. The van der Waals surface area contributed by atoms with Crippen LogP contribution in [0, 0.1) is 10.1 Å². The summed E-state index contributed by atoms with van der Waals surface area (Å²) in [6.45, 7) is -0.994. The highest BCUT2D eigenvalue weighted by atomic mass is 32.2. The van der Waals surface area contributed by atoms with Crippen LogP contribution in [0.4, 0.5) is 36.4 Å². The molecule has 10 nitrogen and oxygen atoms in total. The van der Waals surface area contributed by atoms with Gasteiger partial charge in [0.15, 0.2) is 22.2 Å². The molecule has 1 fully saturated rings.